The lowest BCUT2D eigenvalue weighted by Gasteiger charge is -2.14. The molecule has 0 saturated heterocycles. The predicted molar refractivity (Wildman–Crippen MR) is 90.4 cm³/mol. The molecule has 0 saturated carbocycles. The van der Waals surface area contributed by atoms with Gasteiger partial charge in [0.15, 0.2) is 0 Å². The fourth-order valence-corrected chi connectivity index (χ4v) is 2.76. The molecule has 0 aliphatic heterocycles. The maximum absolute atomic E-state index is 5.58. The number of benzene rings is 1. The first-order chi connectivity index (χ1) is 9.99. The summed E-state index contributed by atoms with van der Waals surface area (Å²) >= 11 is 1.71. The minimum absolute atomic E-state index is 0.118. The van der Waals surface area contributed by atoms with Crippen molar-refractivity contribution in [2.75, 3.05) is 11.9 Å². The van der Waals surface area contributed by atoms with Crippen LogP contribution in [0.2, 0.25) is 0 Å². The standard InChI is InChI=1S/C17H24N2OS/c1-5-10-20-14-8-6-13(7-9-14)18-11-16-19-15(12-21-16)17(2,3)4/h6-9,12,18H,5,10-11H2,1-4H3. The lowest BCUT2D eigenvalue weighted by atomic mass is 9.93. The number of nitrogens with zero attached hydrogens (tertiary/aromatic N) is 1. The summed E-state index contributed by atoms with van der Waals surface area (Å²) in [5, 5.41) is 6.67. The van der Waals surface area contributed by atoms with E-state index in [1.165, 1.54) is 0 Å². The molecule has 0 aliphatic carbocycles. The van der Waals surface area contributed by atoms with E-state index in [4.69, 9.17) is 4.74 Å². The molecule has 1 aromatic carbocycles. The van der Waals surface area contributed by atoms with Gasteiger partial charge in [0.2, 0.25) is 0 Å². The minimum atomic E-state index is 0.118. The summed E-state index contributed by atoms with van der Waals surface area (Å²) in [5.74, 6) is 0.923. The molecular weight excluding hydrogens is 280 g/mol. The van der Waals surface area contributed by atoms with E-state index >= 15 is 0 Å². The Morgan fingerprint density at radius 2 is 1.90 bits per heavy atom. The molecule has 0 fully saturated rings. The summed E-state index contributed by atoms with van der Waals surface area (Å²) in [6, 6.07) is 8.09. The topological polar surface area (TPSA) is 34.1 Å². The van der Waals surface area contributed by atoms with Gasteiger partial charge >= 0.3 is 0 Å². The Kier molecular flexibility index (Phi) is 5.23. The third-order valence-electron chi connectivity index (χ3n) is 3.09. The molecule has 21 heavy (non-hydrogen) atoms. The van der Waals surface area contributed by atoms with Crippen LogP contribution in [-0.2, 0) is 12.0 Å². The van der Waals surface area contributed by atoms with Crippen LogP contribution in [0.4, 0.5) is 5.69 Å². The molecule has 2 aromatic rings. The van der Waals surface area contributed by atoms with Crippen molar-refractivity contribution in [3.8, 4) is 5.75 Å². The zero-order valence-corrected chi connectivity index (χ0v) is 14.1. The van der Waals surface area contributed by atoms with Crippen molar-refractivity contribution in [3.05, 3.63) is 40.3 Å². The molecule has 2 rings (SSSR count). The summed E-state index contributed by atoms with van der Waals surface area (Å²) in [5.41, 5.74) is 2.37. The van der Waals surface area contributed by atoms with Gasteiger partial charge in [0.1, 0.15) is 10.8 Å². The highest BCUT2D eigenvalue weighted by Gasteiger charge is 2.17. The zero-order chi connectivity index (χ0) is 15.3. The molecule has 0 radical (unpaired) electrons. The molecule has 0 amide bonds. The van der Waals surface area contributed by atoms with Gasteiger partial charge in [-0.1, -0.05) is 27.7 Å². The van der Waals surface area contributed by atoms with Gasteiger partial charge in [0.25, 0.3) is 0 Å². The van der Waals surface area contributed by atoms with Crippen LogP contribution in [0.3, 0.4) is 0 Å². The number of ether oxygens (including phenoxy) is 1. The van der Waals surface area contributed by atoms with Crippen LogP contribution in [-0.4, -0.2) is 11.6 Å². The number of rotatable bonds is 6. The molecule has 114 valence electrons. The zero-order valence-electron chi connectivity index (χ0n) is 13.3. The van der Waals surface area contributed by atoms with Crippen LogP contribution >= 0.6 is 11.3 Å². The predicted octanol–water partition coefficient (Wildman–Crippen LogP) is 4.84. The van der Waals surface area contributed by atoms with Gasteiger partial charge in [-0.3, -0.25) is 0 Å². The Morgan fingerprint density at radius 3 is 2.48 bits per heavy atom. The van der Waals surface area contributed by atoms with Crippen LogP contribution in [0.15, 0.2) is 29.6 Å². The van der Waals surface area contributed by atoms with Crippen LogP contribution in [0.25, 0.3) is 0 Å². The van der Waals surface area contributed by atoms with Crippen molar-refractivity contribution >= 4 is 17.0 Å². The van der Waals surface area contributed by atoms with E-state index in [0.717, 1.165) is 41.7 Å². The van der Waals surface area contributed by atoms with E-state index in [9.17, 15) is 0 Å². The van der Waals surface area contributed by atoms with Gasteiger partial charge in [0.05, 0.1) is 18.8 Å². The van der Waals surface area contributed by atoms with Crippen LogP contribution in [0, 0.1) is 0 Å². The van der Waals surface area contributed by atoms with Gasteiger partial charge in [-0.15, -0.1) is 11.3 Å². The molecule has 0 spiro atoms. The monoisotopic (exact) mass is 304 g/mol. The second kappa shape index (κ2) is 6.94. The Morgan fingerprint density at radius 1 is 1.19 bits per heavy atom. The first kappa shape index (κ1) is 15.8. The Balaban J connectivity index is 1.89. The van der Waals surface area contributed by atoms with Gasteiger partial charge in [-0.25, -0.2) is 4.98 Å². The summed E-state index contributed by atoms with van der Waals surface area (Å²) in [6.45, 7) is 10.2. The highest BCUT2D eigenvalue weighted by molar-refractivity contribution is 7.09. The van der Waals surface area contributed by atoms with Gasteiger partial charge in [-0.05, 0) is 30.7 Å². The molecule has 1 N–H and O–H groups in total. The maximum atomic E-state index is 5.58. The highest BCUT2D eigenvalue weighted by atomic mass is 32.1. The third-order valence-corrected chi connectivity index (χ3v) is 3.94. The first-order valence-electron chi connectivity index (χ1n) is 7.40. The quantitative estimate of drug-likeness (QED) is 0.829. The maximum Gasteiger partial charge on any atom is 0.119 e. The molecular formula is C17H24N2OS. The van der Waals surface area contributed by atoms with Crippen molar-refractivity contribution in [2.24, 2.45) is 0 Å². The smallest absolute Gasteiger partial charge is 0.119 e. The molecule has 0 bridgehead atoms. The van der Waals surface area contributed by atoms with Gasteiger partial charge in [-0.2, -0.15) is 0 Å². The van der Waals surface area contributed by atoms with Crippen molar-refractivity contribution in [1.82, 2.24) is 4.98 Å². The van der Waals surface area contributed by atoms with Crippen molar-refractivity contribution in [3.63, 3.8) is 0 Å². The Bertz CT molecular complexity index is 555. The summed E-state index contributed by atoms with van der Waals surface area (Å²) < 4.78 is 5.58. The average Bonchev–Trinajstić information content (AvgIpc) is 2.93. The normalized spacial score (nSPS) is 11.4. The Labute approximate surface area is 131 Å². The minimum Gasteiger partial charge on any atom is -0.494 e. The first-order valence-corrected chi connectivity index (χ1v) is 8.28. The molecule has 4 heteroatoms. The molecule has 3 nitrogen and oxygen atoms in total. The summed E-state index contributed by atoms with van der Waals surface area (Å²) in [4.78, 5) is 4.69. The molecule has 1 heterocycles. The van der Waals surface area contributed by atoms with Crippen LogP contribution < -0.4 is 10.1 Å². The molecule has 0 aliphatic rings. The lowest BCUT2D eigenvalue weighted by molar-refractivity contribution is 0.317. The molecule has 0 unspecified atom stereocenters. The number of anilines is 1. The number of aromatic nitrogens is 1. The van der Waals surface area contributed by atoms with E-state index in [2.05, 4.69) is 43.4 Å². The number of hydrogen-bond acceptors (Lipinski definition) is 4. The Hall–Kier alpha value is -1.55. The third kappa shape index (κ3) is 4.74. The number of thiazole rings is 1. The lowest BCUT2D eigenvalue weighted by Crippen LogP contribution is -2.11. The van der Waals surface area contributed by atoms with Crippen LogP contribution in [0.1, 0.15) is 44.8 Å². The second-order valence-electron chi connectivity index (χ2n) is 6.10. The SMILES string of the molecule is CCCOc1ccc(NCc2nc(C(C)(C)C)cs2)cc1. The summed E-state index contributed by atoms with van der Waals surface area (Å²) in [7, 11) is 0. The molecule has 1 aromatic heterocycles. The molecule has 0 atom stereocenters. The van der Waals surface area contributed by atoms with E-state index in [0.29, 0.717) is 0 Å². The fraction of sp³-hybridized carbons (Fsp3) is 0.471. The van der Waals surface area contributed by atoms with Crippen molar-refractivity contribution in [2.45, 2.75) is 46.1 Å². The highest BCUT2D eigenvalue weighted by Crippen LogP contribution is 2.24. The van der Waals surface area contributed by atoms with E-state index in [1.54, 1.807) is 11.3 Å². The number of hydrogen-bond donors (Lipinski definition) is 1. The summed E-state index contributed by atoms with van der Waals surface area (Å²) in [6.07, 6.45) is 1.03. The largest absolute Gasteiger partial charge is 0.494 e. The average molecular weight is 304 g/mol. The van der Waals surface area contributed by atoms with Gasteiger partial charge < -0.3 is 10.1 Å². The van der Waals surface area contributed by atoms with Crippen molar-refractivity contribution < 1.29 is 4.74 Å². The van der Waals surface area contributed by atoms with Crippen LogP contribution in [0.5, 0.6) is 5.75 Å². The number of nitrogens with one attached hydrogen (secondary N) is 1. The van der Waals surface area contributed by atoms with E-state index < -0.39 is 0 Å². The second-order valence-corrected chi connectivity index (χ2v) is 7.05. The fourth-order valence-electron chi connectivity index (χ4n) is 1.80. The van der Waals surface area contributed by atoms with E-state index in [-0.39, 0.29) is 5.41 Å². The van der Waals surface area contributed by atoms with Crippen molar-refractivity contribution in [1.29, 1.82) is 0 Å². The van der Waals surface area contributed by atoms with Gasteiger partial charge in [0, 0.05) is 16.5 Å². The van der Waals surface area contributed by atoms with E-state index in [1.807, 2.05) is 24.3 Å².